The number of para-hydroxylation sites is 1. The molecular formula is C21H24N2O2. The average molecular weight is 336 g/mol. The number of amides is 1. The van der Waals surface area contributed by atoms with Crippen LogP contribution in [0.25, 0.3) is 10.9 Å². The molecule has 25 heavy (non-hydrogen) atoms. The molecule has 4 heteroatoms. The van der Waals surface area contributed by atoms with Crippen molar-refractivity contribution >= 4 is 16.8 Å². The summed E-state index contributed by atoms with van der Waals surface area (Å²) in [6.07, 6.45) is 2.41. The Morgan fingerprint density at radius 3 is 2.56 bits per heavy atom. The number of aromatic nitrogens is 1. The number of carbonyl (C=O) groups is 1. The third-order valence-corrected chi connectivity index (χ3v) is 4.57. The van der Waals surface area contributed by atoms with Gasteiger partial charge in [0.05, 0.1) is 13.5 Å². The lowest BCUT2D eigenvalue weighted by molar-refractivity contribution is -0.120. The van der Waals surface area contributed by atoms with Gasteiger partial charge in [-0.15, -0.1) is 0 Å². The minimum atomic E-state index is -0.158. The SMILES string of the molecule is COc1ccc(CC(=O)NCC(C)(C)c2c[nH]c3ccccc23)cc1. The molecule has 0 radical (unpaired) electrons. The molecule has 0 fully saturated rings. The molecule has 0 bridgehead atoms. The Morgan fingerprint density at radius 1 is 1.12 bits per heavy atom. The minimum Gasteiger partial charge on any atom is -0.497 e. The second-order valence-corrected chi connectivity index (χ2v) is 6.93. The Hall–Kier alpha value is -2.75. The molecule has 1 heterocycles. The summed E-state index contributed by atoms with van der Waals surface area (Å²) < 4.78 is 5.14. The van der Waals surface area contributed by atoms with Gasteiger partial charge < -0.3 is 15.0 Å². The summed E-state index contributed by atoms with van der Waals surface area (Å²) in [5.41, 5.74) is 3.15. The second kappa shape index (κ2) is 7.01. The lowest BCUT2D eigenvalue weighted by Crippen LogP contribution is -2.37. The van der Waals surface area contributed by atoms with Crippen molar-refractivity contribution in [2.45, 2.75) is 25.7 Å². The van der Waals surface area contributed by atoms with Gasteiger partial charge in [0.15, 0.2) is 0 Å². The van der Waals surface area contributed by atoms with E-state index >= 15 is 0 Å². The highest BCUT2D eigenvalue weighted by atomic mass is 16.5. The molecule has 2 N–H and O–H groups in total. The maximum atomic E-state index is 12.3. The van der Waals surface area contributed by atoms with Crippen molar-refractivity contribution in [3.63, 3.8) is 0 Å². The minimum absolute atomic E-state index is 0.0260. The predicted molar refractivity (Wildman–Crippen MR) is 101 cm³/mol. The predicted octanol–water partition coefficient (Wildman–Crippen LogP) is 3.81. The van der Waals surface area contributed by atoms with Crippen LogP contribution in [0.3, 0.4) is 0 Å². The lowest BCUT2D eigenvalue weighted by Gasteiger charge is -2.25. The number of H-pyrrole nitrogens is 1. The number of fused-ring (bicyclic) bond motifs is 1. The smallest absolute Gasteiger partial charge is 0.224 e. The van der Waals surface area contributed by atoms with Crippen LogP contribution in [-0.2, 0) is 16.6 Å². The summed E-state index contributed by atoms with van der Waals surface area (Å²) in [6, 6.07) is 15.8. The second-order valence-electron chi connectivity index (χ2n) is 6.93. The number of methoxy groups -OCH3 is 1. The van der Waals surface area contributed by atoms with Crippen LogP contribution in [0.1, 0.15) is 25.0 Å². The number of nitrogens with one attached hydrogen (secondary N) is 2. The van der Waals surface area contributed by atoms with Crippen molar-refractivity contribution in [3.8, 4) is 5.75 Å². The van der Waals surface area contributed by atoms with Gasteiger partial charge in [-0.25, -0.2) is 0 Å². The molecule has 0 spiro atoms. The third kappa shape index (κ3) is 3.85. The summed E-state index contributed by atoms with van der Waals surface area (Å²) >= 11 is 0. The summed E-state index contributed by atoms with van der Waals surface area (Å²) in [4.78, 5) is 15.6. The molecule has 1 amide bonds. The van der Waals surface area contributed by atoms with Gasteiger partial charge in [0.2, 0.25) is 5.91 Å². The molecular weight excluding hydrogens is 312 g/mol. The number of hydrogen-bond acceptors (Lipinski definition) is 2. The summed E-state index contributed by atoms with van der Waals surface area (Å²) in [6.45, 7) is 4.89. The van der Waals surface area contributed by atoms with E-state index in [0.717, 1.165) is 16.8 Å². The van der Waals surface area contributed by atoms with Crippen molar-refractivity contribution in [2.24, 2.45) is 0 Å². The normalized spacial score (nSPS) is 11.5. The highest BCUT2D eigenvalue weighted by molar-refractivity contribution is 5.84. The Labute approximate surface area is 148 Å². The molecule has 3 aromatic rings. The van der Waals surface area contributed by atoms with Gasteiger partial charge >= 0.3 is 0 Å². The fourth-order valence-corrected chi connectivity index (χ4v) is 3.04. The van der Waals surface area contributed by atoms with Crippen LogP contribution in [0.5, 0.6) is 5.75 Å². The molecule has 3 rings (SSSR count). The third-order valence-electron chi connectivity index (χ3n) is 4.57. The maximum absolute atomic E-state index is 12.3. The molecule has 2 aromatic carbocycles. The maximum Gasteiger partial charge on any atom is 0.224 e. The van der Waals surface area contributed by atoms with Crippen LogP contribution >= 0.6 is 0 Å². The van der Waals surface area contributed by atoms with Gasteiger partial charge in [-0.3, -0.25) is 4.79 Å². The molecule has 0 aliphatic rings. The first-order valence-electron chi connectivity index (χ1n) is 8.46. The van der Waals surface area contributed by atoms with E-state index in [1.807, 2.05) is 42.6 Å². The molecule has 0 aliphatic carbocycles. The zero-order valence-corrected chi connectivity index (χ0v) is 14.9. The highest BCUT2D eigenvalue weighted by Crippen LogP contribution is 2.29. The van der Waals surface area contributed by atoms with Gasteiger partial charge in [0.1, 0.15) is 5.75 Å². The van der Waals surface area contributed by atoms with Crippen LogP contribution in [0.2, 0.25) is 0 Å². The quantitative estimate of drug-likeness (QED) is 0.719. The number of carbonyl (C=O) groups excluding carboxylic acids is 1. The first kappa shape index (κ1) is 17.1. The Bertz CT molecular complexity index is 863. The molecule has 0 unspecified atom stereocenters. The van der Waals surface area contributed by atoms with Crippen LogP contribution in [0.15, 0.2) is 54.7 Å². The van der Waals surface area contributed by atoms with Gasteiger partial charge in [-0.05, 0) is 29.3 Å². The summed E-state index contributed by atoms with van der Waals surface area (Å²) in [7, 11) is 1.63. The molecule has 0 atom stereocenters. The molecule has 4 nitrogen and oxygen atoms in total. The number of ether oxygens (including phenoxy) is 1. The lowest BCUT2D eigenvalue weighted by atomic mass is 9.84. The fraction of sp³-hybridized carbons (Fsp3) is 0.286. The Balaban J connectivity index is 1.64. The van der Waals surface area contributed by atoms with Gasteiger partial charge in [0, 0.05) is 29.1 Å². The number of hydrogen-bond donors (Lipinski definition) is 2. The van der Waals surface area contributed by atoms with Crippen molar-refractivity contribution in [3.05, 3.63) is 65.9 Å². The van der Waals surface area contributed by atoms with Crippen LogP contribution in [0.4, 0.5) is 0 Å². The van der Waals surface area contributed by atoms with E-state index in [0.29, 0.717) is 13.0 Å². The fourth-order valence-electron chi connectivity index (χ4n) is 3.04. The van der Waals surface area contributed by atoms with Crippen LogP contribution < -0.4 is 10.1 Å². The van der Waals surface area contributed by atoms with E-state index in [1.54, 1.807) is 7.11 Å². The topological polar surface area (TPSA) is 54.1 Å². The van der Waals surface area contributed by atoms with E-state index in [1.165, 1.54) is 10.9 Å². The molecule has 1 aromatic heterocycles. The largest absolute Gasteiger partial charge is 0.497 e. The molecule has 0 saturated carbocycles. The Morgan fingerprint density at radius 2 is 1.84 bits per heavy atom. The average Bonchev–Trinajstić information content (AvgIpc) is 3.06. The van der Waals surface area contributed by atoms with Crippen molar-refractivity contribution in [2.75, 3.05) is 13.7 Å². The van der Waals surface area contributed by atoms with Crippen LogP contribution in [0, 0.1) is 0 Å². The van der Waals surface area contributed by atoms with E-state index < -0.39 is 0 Å². The molecule has 130 valence electrons. The number of rotatable bonds is 6. The summed E-state index contributed by atoms with van der Waals surface area (Å²) in [5.74, 6) is 0.822. The number of benzene rings is 2. The zero-order valence-electron chi connectivity index (χ0n) is 14.9. The first-order valence-corrected chi connectivity index (χ1v) is 8.46. The summed E-state index contributed by atoms with van der Waals surface area (Å²) in [5, 5.41) is 4.27. The van der Waals surface area contributed by atoms with Gasteiger partial charge in [-0.1, -0.05) is 44.2 Å². The standard InChI is InChI=1S/C21H24N2O2/c1-21(2,18-13-22-19-7-5-4-6-17(18)19)14-23-20(24)12-15-8-10-16(25-3)11-9-15/h4-11,13,22H,12,14H2,1-3H3,(H,23,24). The number of aromatic amines is 1. The van der Waals surface area contributed by atoms with E-state index in [2.05, 4.69) is 36.3 Å². The monoisotopic (exact) mass is 336 g/mol. The van der Waals surface area contributed by atoms with Crippen molar-refractivity contribution in [1.82, 2.24) is 10.3 Å². The van der Waals surface area contributed by atoms with Gasteiger partial charge in [0.25, 0.3) is 0 Å². The zero-order chi connectivity index (χ0) is 17.9. The highest BCUT2D eigenvalue weighted by Gasteiger charge is 2.24. The van der Waals surface area contributed by atoms with Gasteiger partial charge in [-0.2, -0.15) is 0 Å². The first-order chi connectivity index (χ1) is 12.0. The molecule has 0 aliphatic heterocycles. The van der Waals surface area contributed by atoms with E-state index in [9.17, 15) is 4.79 Å². The van der Waals surface area contributed by atoms with Crippen molar-refractivity contribution < 1.29 is 9.53 Å². The van der Waals surface area contributed by atoms with Crippen molar-refractivity contribution in [1.29, 1.82) is 0 Å². The van der Waals surface area contributed by atoms with Crippen LogP contribution in [-0.4, -0.2) is 24.5 Å². The Kier molecular flexibility index (Phi) is 4.79. The molecule has 0 saturated heterocycles. The van der Waals surface area contributed by atoms with E-state index in [4.69, 9.17) is 4.74 Å². The van der Waals surface area contributed by atoms with E-state index in [-0.39, 0.29) is 11.3 Å².